The molecule has 0 aromatic carbocycles. The quantitative estimate of drug-likeness (QED) is 0.829. The van der Waals surface area contributed by atoms with Crippen LogP contribution in [0, 0.1) is 5.92 Å². The summed E-state index contributed by atoms with van der Waals surface area (Å²) >= 11 is 0. The van der Waals surface area contributed by atoms with Crippen LogP contribution in [0.1, 0.15) is 52.4 Å². The lowest BCUT2D eigenvalue weighted by molar-refractivity contribution is -0.0208. The van der Waals surface area contributed by atoms with Crippen LogP contribution >= 0.6 is 0 Å². The number of hydrogen-bond acceptors (Lipinski definition) is 3. The Labute approximate surface area is 119 Å². The van der Waals surface area contributed by atoms with Gasteiger partial charge < -0.3 is 10.1 Å². The normalized spacial score (nSPS) is 30.8. The number of hydrogen-bond donors (Lipinski definition) is 1. The standard InChI is InChI=1S/C16H32N2O/c1-4-16(2,18-10-6-5-7-11-18)15(17-3)14-9-8-12-19-13-14/h14-15,17H,4-13H2,1-3H3. The molecule has 2 rings (SSSR count). The Morgan fingerprint density at radius 3 is 2.53 bits per heavy atom. The maximum atomic E-state index is 5.73. The summed E-state index contributed by atoms with van der Waals surface area (Å²) < 4.78 is 5.73. The lowest BCUT2D eigenvalue weighted by Gasteiger charge is -2.51. The molecule has 3 nitrogen and oxygen atoms in total. The van der Waals surface area contributed by atoms with Gasteiger partial charge in [-0.2, -0.15) is 0 Å². The maximum absolute atomic E-state index is 5.73. The third-order valence-electron chi connectivity index (χ3n) is 5.44. The molecule has 0 aromatic heterocycles. The van der Waals surface area contributed by atoms with Crippen molar-refractivity contribution in [3.05, 3.63) is 0 Å². The minimum absolute atomic E-state index is 0.278. The van der Waals surface area contributed by atoms with Crippen LogP contribution in [0.15, 0.2) is 0 Å². The number of likely N-dealkylation sites (tertiary alicyclic amines) is 1. The van der Waals surface area contributed by atoms with Crippen molar-refractivity contribution in [1.29, 1.82) is 0 Å². The zero-order valence-corrected chi connectivity index (χ0v) is 13.1. The topological polar surface area (TPSA) is 24.5 Å². The summed E-state index contributed by atoms with van der Waals surface area (Å²) in [5.74, 6) is 0.672. The van der Waals surface area contributed by atoms with Crippen molar-refractivity contribution >= 4 is 0 Å². The highest BCUT2D eigenvalue weighted by Gasteiger charge is 2.42. The van der Waals surface area contributed by atoms with Crippen LogP contribution in [0.4, 0.5) is 0 Å². The molecular weight excluding hydrogens is 236 g/mol. The molecule has 2 aliphatic heterocycles. The lowest BCUT2D eigenvalue weighted by atomic mass is 9.77. The average Bonchev–Trinajstić information content (AvgIpc) is 2.49. The predicted octanol–water partition coefficient (Wildman–Crippen LogP) is 2.66. The van der Waals surface area contributed by atoms with Gasteiger partial charge in [0.1, 0.15) is 0 Å². The molecule has 3 heteroatoms. The first-order chi connectivity index (χ1) is 9.22. The summed E-state index contributed by atoms with van der Waals surface area (Å²) in [6.07, 6.45) is 7.90. The van der Waals surface area contributed by atoms with E-state index < -0.39 is 0 Å². The van der Waals surface area contributed by atoms with E-state index in [4.69, 9.17) is 4.74 Å². The minimum atomic E-state index is 0.278. The van der Waals surface area contributed by atoms with E-state index in [1.54, 1.807) is 0 Å². The van der Waals surface area contributed by atoms with Gasteiger partial charge in [0.2, 0.25) is 0 Å². The van der Waals surface area contributed by atoms with Gasteiger partial charge in [0.25, 0.3) is 0 Å². The molecule has 2 saturated heterocycles. The molecular formula is C16H32N2O. The largest absolute Gasteiger partial charge is 0.381 e. The Hall–Kier alpha value is -0.120. The fourth-order valence-corrected chi connectivity index (χ4v) is 4.13. The summed E-state index contributed by atoms with van der Waals surface area (Å²) in [5.41, 5.74) is 0.278. The second-order valence-electron chi connectivity index (χ2n) is 6.50. The van der Waals surface area contributed by atoms with Gasteiger partial charge in [-0.25, -0.2) is 0 Å². The van der Waals surface area contributed by atoms with E-state index in [9.17, 15) is 0 Å². The third-order valence-corrected chi connectivity index (χ3v) is 5.44. The molecule has 0 saturated carbocycles. The second kappa shape index (κ2) is 7.05. The van der Waals surface area contributed by atoms with Crippen molar-refractivity contribution in [3.63, 3.8) is 0 Å². The van der Waals surface area contributed by atoms with Crippen molar-refractivity contribution in [3.8, 4) is 0 Å². The lowest BCUT2D eigenvalue weighted by Crippen LogP contribution is -2.63. The molecule has 0 bridgehead atoms. The average molecular weight is 268 g/mol. The van der Waals surface area contributed by atoms with Crippen molar-refractivity contribution in [1.82, 2.24) is 10.2 Å². The highest BCUT2D eigenvalue weighted by Crippen LogP contribution is 2.33. The first-order valence-electron chi connectivity index (χ1n) is 8.22. The van der Waals surface area contributed by atoms with Gasteiger partial charge in [-0.05, 0) is 65.1 Å². The first kappa shape index (κ1) is 15.3. The van der Waals surface area contributed by atoms with Crippen LogP contribution in [-0.2, 0) is 4.74 Å². The number of ether oxygens (including phenoxy) is 1. The van der Waals surface area contributed by atoms with E-state index >= 15 is 0 Å². The molecule has 2 fully saturated rings. The smallest absolute Gasteiger partial charge is 0.0509 e. The zero-order valence-electron chi connectivity index (χ0n) is 13.1. The van der Waals surface area contributed by atoms with Gasteiger partial charge in [0, 0.05) is 18.2 Å². The number of rotatable bonds is 5. The molecule has 3 unspecified atom stereocenters. The highest BCUT2D eigenvalue weighted by molar-refractivity contribution is 5.00. The van der Waals surface area contributed by atoms with Crippen molar-refractivity contribution in [2.45, 2.75) is 64.0 Å². The summed E-state index contributed by atoms with van der Waals surface area (Å²) in [6, 6.07) is 0.552. The van der Waals surface area contributed by atoms with E-state index in [2.05, 4.69) is 31.1 Å². The van der Waals surface area contributed by atoms with Crippen molar-refractivity contribution < 1.29 is 4.74 Å². The fourth-order valence-electron chi connectivity index (χ4n) is 4.13. The molecule has 1 N–H and O–H groups in total. The molecule has 0 amide bonds. The number of likely N-dealkylation sites (N-methyl/N-ethyl adjacent to an activating group) is 1. The Morgan fingerprint density at radius 1 is 1.26 bits per heavy atom. The van der Waals surface area contributed by atoms with Crippen LogP contribution in [0.2, 0.25) is 0 Å². The van der Waals surface area contributed by atoms with Gasteiger partial charge in [0.15, 0.2) is 0 Å². The molecule has 0 spiro atoms. The Kier molecular flexibility index (Phi) is 5.67. The molecule has 2 aliphatic rings. The maximum Gasteiger partial charge on any atom is 0.0509 e. The van der Waals surface area contributed by atoms with Crippen LogP contribution < -0.4 is 5.32 Å². The van der Waals surface area contributed by atoms with Gasteiger partial charge in [-0.1, -0.05) is 13.3 Å². The summed E-state index contributed by atoms with van der Waals surface area (Å²) in [6.45, 7) is 9.26. The van der Waals surface area contributed by atoms with Crippen LogP contribution in [-0.4, -0.2) is 49.8 Å². The summed E-state index contributed by atoms with van der Waals surface area (Å²) in [7, 11) is 2.14. The van der Waals surface area contributed by atoms with Crippen LogP contribution in [0.5, 0.6) is 0 Å². The van der Waals surface area contributed by atoms with Crippen LogP contribution in [0.25, 0.3) is 0 Å². The fraction of sp³-hybridized carbons (Fsp3) is 1.00. The van der Waals surface area contributed by atoms with Crippen molar-refractivity contribution in [2.75, 3.05) is 33.4 Å². The van der Waals surface area contributed by atoms with E-state index in [1.165, 1.54) is 51.6 Å². The van der Waals surface area contributed by atoms with Crippen molar-refractivity contribution in [2.24, 2.45) is 5.92 Å². The monoisotopic (exact) mass is 268 g/mol. The van der Waals surface area contributed by atoms with Gasteiger partial charge in [0.05, 0.1) is 6.61 Å². The first-order valence-corrected chi connectivity index (χ1v) is 8.22. The molecule has 2 heterocycles. The highest BCUT2D eigenvalue weighted by atomic mass is 16.5. The summed E-state index contributed by atoms with van der Waals surface area (Å²) in [5, 5.41) is 3.64. The zero-order chi connectivity index (χ0) is 13.7. The van der Waals surface area contributed by atoms with E-state index in [-0.39, 0.29) is 5.54 Å². The number of nitrogens with zero attached hydrogens (tertiary/aromatic N) is 1. The van der Waals surface area contributed by atoms with E-state index in [0.717, 1.165) is 13.2 Å². The van der Waals surface area contributed by atoms with Gasteiger partial charge >= 0.3 is 0 Å². The third kappa shape index (κ3) is 3.32. The van der Waals surface area contributed by atoms with Gasteiger partial charge in [-0.15, -0.1) is 0 Å². The SMILES string of the molecule is CCC(C)(C(NC)C1CCCOC1)N1CCCCC1. The molecule has 112 valence electrons. The Bertz CT molecular complexity index is 259. The Balaban J connectivity index is 2.10. The predicted molar refractivity (Wildman–Crippen MR) is 80.5 cm³/mol. The molecule has 19 heavy (non-hydrogen) atoms. The molecule has 3 atom stereocenters. The number of piperidine rings is 1. The molecule has 0 aromatic rings. The minimum Gasteiger partial charge on any atom is -0.381 e. The van der Waals surface area contributed by atoms with E-state index in [1.807, 2.05) is 0 Å². The Morgan fingerprint density at radius 2 is 2.00 bits per heavy atom. The number of nitrogens with one attached hydrogen (secondary N) is 1. The second-order valence-corrected chi connectivity index (χ2v) is 6.50. The molecule has 0 aliphatic carbocycles. The van der Waals surface area contributed by atoms with E-state index in [0.29, 0.717) is 12.0 Å². The molecule has 0 radical (unpaired) electrons. The van der Waals surface area contributed by atoms with Gasteiger partial charge in [-0.3, -0.25) is 4.90 Å². The summed E-state index contributed by atoms with van der Waals surface area (Å²) in [4.78, 5) is 2.74. The van der Waals surface area contributed by atoms with Crippen LogP contribution in [0.3, 0.4) is 0 Å².